The highest BCUT2D eigenvalue weighted by Gasteiger charge is 2.32. The Morgan fingerprint density at radius 3 is 2.58 bits per heavy atom. The molecule has 0 spiro atoms. The molecule has 1 atom stereocenters. The lowest BCUT2D eigenvalue weighted by molar-refractivity contribution is -0.121. The highest BCUT2D eigenvalue weighted by molar-refractivity contribution is 5.95. The van der Waals surface area contributed by atoms with E-state index in [0.29, 0.717) is 49.3 Å². The second-order valence-corrected chi connectivity index (χ2v) is 8.32. The predicted octanol–water partition coefficient (Wildman–Crippen LogP) is 4.32. The number of nitrogens with one attached hydrogen (secondary N) is 1. The van der Waals surface area contributed by atoms with E-state index in [1.54, 1.807) is 25.3 Å². The number of furan rings is 1. The molecular weight excluding hydrogens is 458 g/mol. The van der Waals surface area contributed by atoms with Gasteiger partial charge in [0.25, 0.3) is 5.89 Å². The first-order valence-electron chi connectivity index (χ1n) is 11.6. The first kappa shape index (κ1) is 23.2. The Kier molecular flexibility index (Phi) is 6.69. The lowest BCUT2D eigenvalue weighted by atomic mass is 10.0. The number of piperazine rings is 1. The molecule has 0 bridgehead atoms. The van der Waals surface area contributed by atoms with Crippen molar-refractivity contribution in [3.63, 3.8) is 0 Å². The van der Waals surface area contributed by atoms with Gasteiger partial charge >= 0.3 is 0 Å². The first-order valence-corrected chi connectivity index (χ1v) is 11.6. The summed E-state index contributed by atoms with van der Waals surface area (Å²) in [7, 11) is 1.59. The van der Waals surface area contributed by atoms with Gasteiger partial charge in [0.2, 0.25) is 17.5 Å². The number of aromatic nitrogens is 1. The number of benzene rings is 2. The van der Waals surface area contributed by atoms with Gasteiger partial charge in [-0.05, 0) is 29.8 Å². The third kappa shape index (κ3) is 4.80. The number of anilines is 2. The minimum absolute atomic E-state index is 0.125. The fourth-order valence-electron chi connectivity index (χ4n) is 4.36. The van der Waals surface area contributed by atoms with E-state index >= 15 is 0 Å². The summed E-state index contributed by atoms with van der Waals surface area (Å²) in [5.41, 5.74) is 1.79. The lowest BCUT2D eigenvalue weighted by Gasteiger charge is -2.38. The average Bonchev–Trinajstić information content (AvgIpc) is 3.60. The number of nitriles is 1. The van der Waals surface area contributed by atoms with Gasteiger partial charge in [0.05, 0.1) is 13.4 Å². The van der Waals surface area contributed by atoms with Gasteiger partial charge in [-0.3, -0.25) is 9.69 Å². The van der Waals surface area contributed by atoms with E-state index in [1.807, 2.05) is 53.4 Å². The van der Waals surface area contributed by atoms with Crippen molar-refractivity contribution in [2.24, 2.45) is 0 Å². The second-order valence-electron chi connectivity index (χ2n) is 8.32. The van der Waals surface area contributed by atoms with Crippen LogP contribution in [0.1, 0.15) is 17.3 Å². The zero-order valence-electron chi connectivity index (χ0n) is 19.8. The largest absolute Gasteiger partial charge is 0.497 e. The highest BCUT2D eigenvalue weighted by atomic mass is 16.5. The van der Waals surface area contributed by atoms with E-state index < -0.39 is 6.04 Å². The molecule has 1 N–H and O–H groups in total. The highest BCUT2D eigenvalue weighted by Crippen LogP contribution is 2.31. The minimum atomic E-state index is -0.483. The average molecular weight is 484 g/mol. The zero-order valence-corrected chi connectivity index (χ0v) is 19.8. The molecule has 1 saturated heterocycles. The smallest absolute Gasteiger partial charge is 0.266 e. The summed E-state index contributed by atoms with van der Waals surface area (Å²) in [6.45, 7) is 2.31. The van der Waals surface area contributed by atoms with Crippen LogP contribution in [0.15, 0.2) is 81.8 Å². The normalized spacial score (nSPS) is 14.7. The lowest BCUT2D eigenvalue weighted by Crippen LogP contribution is -2.50. The van der Waals surface area contributed by atoms with E-state index in [4.69, 9.17) is 13.6 Å². The Labute approximate surface area is 208 Å². The van der Waals surface area contributed by atoms with Crippen molar-refractivity contribution in [2.45, 2.75) is 6.04 Å². The topological polar surface area (TPSA) is 108 Å². The van der Waals surface area contributed by atoms with Crippen molar-refractivity contribution < 1.29 is 18.4 Å². The maximum Gasteiger partial charge on any atom is 0.266 e. The third-order valence-corrected chi connectivity index (χ3v) is 6.11. The molecule has 3 heterocycles. The Balaban J connectivity index is 1.34. The summed E-state index contributed by atoms with van der Waals surface area (Å²) in [5, 5.41) is 12.6. The number of oxazole rings is 1. The van der Waals surface area contributed by atoms with Gasteiger partial charge in [-0.2, -0.15) is 10.2 Å². The van der Waals surface area contributed by atoms with Gasteiger partial charge in [0, 0.05) is 37.9 Å². The molecule has 1 unspecified atom stereocenters. The molecule has 1 amide bonds. The Bertz CT molecular complexity index is 1350. The summed E-state index contributed by atoms with van der Waals surface area (Å²) in [6.07, 6.45) is 1.53. The molecule has 2 aromatic carbocycles. The molecule has 0 aliphatic carbocycles. The van der Waals surface area contributed by atoms with Crippen LogP contribution in [0.2, 0.25) is 0 Å². The maximum atomic E-state index is 13.5. The van der Waals surface area contributed by atoms with E-state index in [2.05, 4.69) is 21.3 Å². The van der Waals surface area contributed by atoms with Crippen molar-refractivity contribution >= 4 is 17.5 Å². The number of carbonyl (C=O) groups excluding carboxylic acids is 1. The van der Waals surface area contributed by atoms with Gasteiger partial charge < -0.3 is 23.8 Å². The van der Waals surface area contributed by atoms with Gasteiger partial charge in [-0.25, -0.2) is 0 Å². The van der Waals surface area contributed by atoms with Gasteiger partial charge in [-0.1, -0.05) is 36.4 Å². The number of hydrogen-bond donors (Lipinski definition) is 1. The van der Waals surface area contributed by atoms with E-state index in [1.165, 1.54) is 6.26 Å². The maximum absolute atomic E-state index is 13.5. The van der Waals surface area contributed by atoms with Crippen LogP contribution in [0.4, 0.5) is 11.6 Å². The van der Waals surface area contributed by atoms with Crippen molar-refractivity contribution in [1.82, 2.24) is 9.88 Å². The number of carbonyl (C=O) groups is 1. The van der Waals surface area contributed by atoms with Crippen LogP contribution in [-0.4, -0.2) is 49.1 Å². The summed E-state index contributed by atoms with van der Waals surface area (Å²) >= 11 is 0. The van der Waals surface area contributed by atoms with E-state index in [9.17, 15) is 10.1 Å². The molecule has 0 radical (unpaired) electrons. The van der Waals surface area contributed by atoms with E-state index in [0.717, 1.165) is 5.56 Å². The molecule has 9 heteroatoms. The van der Waals surface area contributed by atoms with E-state index in [-0.39, 0.29) is 17.5 Å². The Hall–Kier alpha value is -4.55. The fraction of sp³-hybridized carbons (Fsp3) is 0.222. The molecule has 4 aromatic rings. The van der Waals surface area contributed by atoms with Gasteiger partial charge in [-0.15, -0.1) is 0 Å². The fourth-order valence-corrected chi connectivity index (χ4v) is 4.36. The van der Waals surface area contributed by atoms with Crippen molar-refractivity contribution in [3.8, 4) is 23.5 Å². The number of hydrogen-bond acceptors (Lipinski definition) is 8. The summed E-state index contributed by atoms with van der Waals surface area (Å²) in [6, 6.07) is 22.1. The molecular formula is C27H25N5O4. The summed E-state index contributed by atoms with van der Waals surface area (Å²) in [5.74, 6) is 1.71. The third-order valence-electron chi connectivity index (χ3n) is 6.11. The molecule has 5 rings (SSSR count). The van der Waals surface area contributed by atoms with Crippen LogP contribution in [0.3, 0.4) is 0 Å². The number of methoxy groups -OCH3 is 1. The Morgan fingerprint density at radius 1 is 1.08 bits per heavy atom. The predicted molar refractivity (Wildman–Crippen MR) is 134 cm³/mol. The molecule has 0 saturated carbocycles. The molecule has 1 aliphatic heterocycles. The number of nitrogens with zero attached hydrogens (tertiary/aromatic N) is 4. The molecule has 9 nitrogen and oxygen atoms in total. The van der Waals surface area contributed by atoms with Crippen molar-refractivity contribution in [2.75, 3.05) is 43.5 Å². The molecule has 182 valence electrons. The number of amides is 1. The van der Waals surface area contributed by atoms with Crippen LogP contribution in [0.5, 0.6) is 5.75 Å². The van der Waals surface area contributed by atoms with Crippen LogP contribution in [-0.2, 0) is 4.79 Å². The number of ether oxygens (including phenoxy) is 1. The van der Waals surface area contributed by atoms with Crippen LogP contribution >= 0.6 is 0 Å². The first-order chi connectivity index (χ1) is 17.7. The van der Waals surface area contributed by atoms with Crippen LogP contribution in [0, 0.1) is 11.3 Å². The summed E-state index contributed by atoms with van der Waals surface area (Å²) < 4.78 is 16.6. The van der Waals surface area contributed by atoms with Gasteiger partial charge in [0.1, 0.15) is 17.9 Å². The van der Waals surface area contributed by atoms with Gasteiger partial charge in [0.15, 0.2) is 5.76 Å². The monoisotopic (exact) mass is 483 g/mol. The number of rotatable bonds is 7. The SMILES string of the molecule is COc1cccc(NC(=O)C(c2ccccc2)N2CCN(c3oc(-c4ccco4)nc3C#N)CC2)c1. The standard InChI is InChI=1S/C27H25N5O4/c1-34-21-10-5-9-20(17-21)29-25(33)24(19-7-3-2-4-8-19)31-12-14-32(15-13-31)27-22(18-28)30-26(36-27)23-11-6-16-35-23/h2-11,16-17,24H,12-15H2,1H3,(H,29,33). The molecule has 1 aliphatic rings. The molecule has 36 heavy (non-hydrogen) atoms. The molecule has 1 fully saturated rings. The van der Waals surface area contributed by atoms with Crippen LogP contribution < -0.4 is 15.0 Å². The van der Waals surface area contributed by atoms with Crippen molar-refractivity contribution in [1.29, 1.82) is 5.26 Å². The molecule has 2 aromatic heterocycles. The van der Waals surface area contributed by atoms with Crippen LogP contribution in [0.25, 0.3) is 11.7 Å². The minimum Gasteiger partial charge on any atom is -0.497 e. The zero-order chi connectivity index (χ0) is 24.9. The van der Waals surface area contributed by atoms with Crippen molar-refractivity contribution in [3.05, 3.63) is 84.3 Å². The quantitative estimate of drug-likeness (QED) is 0.414. The second kappa shape index (κ2) is 10.4. The Morgan fingerprint density at radius 2 is 1.89 bits per heavy atom. The summed E-state index contributed by atoms with van der Waals surface area (Å²) in [4.78, 5) is 21.9.